The molecule has 1 fully saturated rings. The summed E-state index contributed by atoms with van der Waals surface area (Å²) in [6.07, 6.45) is 2.35. The Morgan fingerprint density at radius 3 is 2.44 bits per heavy atom. The molecular weight excluding hydrogens is 290 g/mol. The molecule has 0 aromatic heterocycles. The molecule has 0 N–H and O–H groups in total. The number of anilines is 1. The molecule has 0 saturated carbocycles. The first-order valence-electron chi connectivity index (χ1n) is 6.44. The predicted molar refractivity (Wildman–Crippen MR) is 79.4 cm³/mol. The molecular formula is C15H20BrNO. The van der Waals surface area contributed by atoms with E-state index in [2.05, 4.69) is 40.7 Å². The van der Waals surface area contributed by atoms with Crippen LogP contribution in [0.15, 0.2) is 22.7 Å². The fraction of sp³-hybridized carbons (Fsp3) is 0.533. The van der Waals surface area contributed by atoms with Gasteiger partial charge in [-0.15, -0.1) is 0 Å². The fourth-order valence-corrected chi connectivity index (χ4v) is 2.77. The van der Waals surface area contributed by atoms with Crippen LogP contribution in [-0.2, 0) is 0 Å². The van der Waals surface area contributed by atoms with E-state index < -0.39 is 0 Å². The molecule has 2 rings (SSSR count). The molecule has 3 heteroatoms. The van der Waals surface area contributed by atoms with Crippen molar-refractivity contribution in [1.29, 1.82) is 0 Å². The number of halogens is 1. The molecule has 1 heterocycles. The lowest BCUT2D eigenvalue weighted by Gasteiger charge is -2.38. The summed E-state index contributed by atoms with van der Waals surface area (Å²) in [5.74, 6) is 0.141. The van der Waals surface area contributed by atoms with Gasteiger partial charge in [0.15, 0.2) is 5.78 Å². The average molecular weight is 310 g/mol. The maximum absolute atomic E-state index is 11.7. The van der Waals surface area contributed by atoms with Crippen LogP contribution in [-0.4, -0.2) is 18.9 Å². The molecule has 0 spiro atoms. The summed E-state index contributed by atoms with van der Waals surface area (Å²) < 4.78 is 1.03. The van der Waals surface area contributed by atoms with Crippen molar-refractivity contribution in [2.24, 2.45) is 5.41 Å². The third kappa shape index (κ3) is 2.94. The standard InChI is InChI=1S/C15H20BrNO/c1-11(18)13-5-4-12(16)10-14(13)17-8-6-15(2,3)7-9-17/h4-5,10H,6-9H2,1-3H3. The maximum Gasteiger partial charge on any atom is 0.161 e. The van der Waals surface area contributed by atoms with Crippen molar-refractivity contribution < 1.29 is 4.79 Å². The Kier molecular flexibility index (Phi) is 3.81. The number of ketones is 1. The van der Waals surface area contributed by atoms with Gasteiger partial charge in [0.05, 0.1) is 0 Å². The highest BCUT2D eigenvalue weighted by molar-refractivity contribution is 9.10. The highest BCUT2D eigenvalue weighted by Gasteiger charge is 2.26. The number of hydrogen-bond acceptors (Lipinski definition) is 2. The smallest absolute Gasteiger partial charge is 0.161 e. The predicted octanol–water partition coefficient (Wildman–Crippen LogP) is 4.28. The van der Waals surface area contributed by atoms with Crippen LogP contribution >= 0.6 is 15.9 Å². The number of carbonyl (C=O) groups excluding carboxylic acids is 1. The Morgan fingerprint density at radius 1 is 1.28 bits per heavy atom. The summed E-state index contributed by atoms with van der Waals surface area (Å²) in [5, 5.41) is 0. The van der Waals surface area contributed by atoms with Crippen molar-refractivity contribution in [2.45, 2.75) is 33.6 Å². The summed E-state index contributed by atoms with van der Waals surface area (Å²) >= 11 is 3.50. The monoisotopic (exact) mass is 309 g/mol. The van der Waals surface area contributed by atoms with Gasteiger partial charge in [0.1, 0.15) is 0 Å². The van der Waals surface area contributed by atoms with Crippen molar-refractivity contribution in [2.75, 3.05) is 18.0 Å². The van der Waals surface area contributed by atoms with Crippen LogP contribution in [0, 0.1) is 5.41 Å². The zero-order valence-electron chi connectivity index (χ0n) is 11.3. The van der Waals surface area contributed by atoms with Gasteiger partial charge in [-0.25, -0.2) is 0 Å². The van der Waals surface area contributed by atoms with Crippen LogP contribution in [0.25, 0.3) is 0 Å². The number of benzene rings is 1. The molecule has 0 bridgehead atoms. The van der Waals surface area contributed by atoms with Crippen LogP contribution in [0.2, 0.25) is 0 Å². The van der Waals surface area contributed by atoms with E-state index in [0.29, 0.717) is 5.41 Å². The first-order valence-corrected chi connectivity index (χ1v) is 7.24. The Balaban J connectivity index is 2.28. The number of nitrogens with zero attached hydrogens (tertiary/aromatic N) is 1. The van der Waals surface area contributed by atoms with E-state index in [4.69, 9.17) is 0 Å². The second-order valence-corrected chi connectivity index (χ2v) is 6.78. The van der Waals surface area contributed by atoms with Gasteiger partial charge in [0.2, 0.25) is 0 Å². The molecule has 1 aliphatic heterocycles. The summed E-state index contributed by atoms with van der Waals surface area (Å²) in [5.41, 5.74) is 2.34. The summed E-state index contributed by atoms with van der Waals surface area (Å²) in [7, 11) is 0. The number of carbonyl (C=O) groups is 1. The molecule has 1 aliphatic rings. The van der Waals surface area contributed by atoms with Crippen molar-refractivity contribution in [3.63, 3.8) is 0 Å². The second kappa shape index (κ2) is 5.04. The van der Waals surface area contributed by atoms with Crippen molar-refractivity contribution in [1.82, 2.24) is 0 Å². The van der Waals surface area contributed by atoms with E-state index in [0.717, 1.165) is 28.8 Å². The van der Waals surface area contributed by atoms with Crippen LogP contribution in [0.3, 0.4) is 0 Å². The van der Waals surface area contributed by atoms with Crippen LogP contribution < -0.4 is 4.90 Å². The Hall–Kier alpha value is -0.830. The zero-order chi connectivity index (χ0) is 13.3. The van der Waals surface area contributed by atoms with Crippen LogP contribution in [0.5, 0.6) is 0 Å². The van der Waals surface area contributed by atoms with Gasteiger partial charge in [0, 0.05) is 28.8 Å². The van der Waals surface area contributed by atoms with Gasteiger partial charge in [0.25, 0.3) is 0 Å². The SMILES string of the molecule is CC(=O)c1ccc(Br)cc1N1CCC(C)(C)CC1. The fourth-order valence-electron chi connectivity index (χ4n) is 2.42. The number of piperidine rings is 1. The average Bonchev–Trinajstić information content (AvgIpc) is 2.28. The highest BCUT2D eigenvalue weighted by Crippen LogP contribution is 2.34. The Labute approximate surface area is 117 Å². The van der Waals surface area contributed by atoms with E-state index >= 15 is 0 Å². The lowest BCUT2D eigenvalue weighted by molar-refractivity contribution is 0.101. The molecule has 1 saturated heterocycles. The summed E-state index contributed by atoms with van der Waals surface area (Å²) in [4.78, 5) is 14.0. The normalized spacial score (nSPS) is 18.8. The molecule has 1 aromatic carbocycles. The molecule has 0 amide bonds. The largest absolute Gasteiger partial charge is 0.371 e. The number of Topliss-reactive ketones (excluding diaryl/α,β-unsaturated/α-hetero) is 1. The van der Waals surface area contributed by atoms with Crippen LogP contribution in [0.4, 0.5) is 5.69 Å². The lowest BCUT2D eigenvalue weighted by atomic mass is 9.82. The van der Waals surface area contributed by atoms with Crippen LogP contribution in [0.1, 0.15) is 44.0 Å². The van der Waals surface area contributed by atoms with Gasteiger partial charge in [-0.1, -0.05) is 29.8 Å². The van der Waals surface area contributed by atoms with E-state index in [1.54, 1.807) is 6.92 Å². The zero-order valence-corrected chi connectivity index (χ0v) is 12.9. The lowest BCUT2D eigenvalue weighted by Crippen LogP contribution is -2.38. The van der Waals surface area contributed by atoms with Gasteiger partial charge in [-0.2, -0.15) is 0 Å². The molecule has 98 valence electrons. The van der Waals surface area contributed by atoms with E-state index in [1.165, 1.54) is 12.8 Å². The summed E-state index contributed by atoms with van der Waals surface area (Å²) in [6, 6.07) is 5.92. The van der Waals surface area contributed by atoms with E-state index in [9.17, 15) is 4.79 Å². The maximum atomic E-state index is 11.7. The van der Waals surface area contributed by atoms with E-state index in [-0.39, 0.29) is 5.78 Å². The van der Waals surface area contributed by atoms with Gasteiger partial charge in [-0.3, -0.25) is 4.79 Å². The summed E-state index contributed by atoms with van der Waals surface area (Å²) in [6.45, 7) is 8.34. The minimum Gasteiger partial charge on any atom is -0.371 e. The minimum atomic E-state index is 0.141. The van der Waals surface area contributed by atoms with Gasteiger partial charge < -0.3 is 4.90 Å². The Morgan fingerprint density at radius 2 is 1.89 bits per heavy atom. The third-order valence-electron chi connectivity index (χ3n) is 3.80. The first kappa shape index (κ1) is 13.6. The minimum absolute atomic E-state index is 0.141. The first-order chi connectivity index (χ1) is 8.39. The van der Waals surface area contributed by atoms with Gasteiger partial charge in [-0.05, 0) is 43.4 Å². The molecule has 0 atom stereocenters. The Bertz CT molecular complexity index is 458. The number of rotatable bonds is 2. The topological polar surface area (TPSA) is 20.3 Å². The van der Waals surface area contributed by atoms with E-state index in [1.807, 2.05) is 12.1 Å². The molecule has 0 aliphatic carbocycles. The molecule has 0 radical (unpaired) electrons. The van der Waals surface area contributed by atoms with Crippen molar-refractivity contribution in [3.8, 4) is 0 Å². The van der Waals surface area contributed by atoms with Crippen molar-refractivity contribution in [3.05, 3.63) is 28.2 Å². The quantitative estimate of drug-likeness (QED) is 0.760. The molecule has 1 aromatic rings. The molecule has 0 unspecified atom stereocenters. The molecule has 18 heavy (non-hydrogen) atoms. The highest BCUT2D eigenvalue weighted by atomic mass is 79.9. The van der Waals surface area contributed by atoms with Gasteiger partial charge >= 0.3 is 0 Å². The number of hydrogen-bond donors (Lipinski definition) is 0. The van der Waals surface area contributed by atoms with Crippen molar-refractivity contribution >= 4 is 27.4 Å². The third-order valence-corrected chi connectivity index (χ3v) is 4.29. The molecule has 2 nitrogen and oxygen atoms in total. The second-order valence-electron chi connectivity index (χ2n) is 5.87.